The van der Waals surface area contributed by atoms with Crippen LogP contribution in [0.25, 0.3) is 10.8 Å². The molecule has 4 nitrogen and oxygen atoms in total. The Morgan fingerprint density at radius 3 is 2.72 bits per heavy atom. The fraction of sp³-hybridized carbons (Fsp3) is 0.300. The summed E-state index contributed by atoms with van der Waals surface area (Å²) in [6.45, 7) is 4.57. The van der Waals surface area contributed by atoms with Crippen molar-refractivity contribution in [2.24, 2.45) is 0 Å². The summed E-state index contributed by atoms with van der Waals surface area (Å²) >= 11 is 0. The van der Waals surface area contributed by atoms with Crippen molar-refractivity contribution in [3.63, 3.8) is 0 Å². The third kappa shape index (κ3) is 6.02. The fourth-order valence-electron chi connectivity index (χ4n) is 2.46. The van der Waals surface area contributed by atoms with E-state index in [-0.39, 0.29) is 18.3 Å². The molecule has 2 N–H and O–H groups in total. The third-order valence-electron chi connectivity index (χ3n) is 3.90. The summed E-state index contributed by atoms with van der Waals surface area (Å²) in [6.07, 6.45) is 3.67. The molecule has 0 fully saturated rings. The van der Waals surface area contributed by atoms with Crippen LogP contribution in [0.1, 0.15) is 25.5 Å². The number of fused-ring (bicyclic) bond motifs is 1. The molecule has 2 aromatic carbocycles. The first-order valence-corrected chi connectivity index (χ1v) is 10.0. The first-order valence-electron chi connectivity index (χ1n) is 8.35. The molecular formula is C20H24N2O2S. The zero-order valence-corrected chi connectivity index (χ0v) is 15.4. The number of nitrogens with one attached hydrogen (secondary N) is 2. The standard InChI is InChI=1S/C20H24N2O2S/c1-3-25(23,24)22-16-9-5-4-8-15-21-17(2)19-14-10-12-18-11-6-7-13-20(18)19/h4,6-8,10-14,17,21-22H,3,15-16H2,1-2H3/b8-4+/t17-/m1/s1. The van der Waals surface area contributed by atoms with Gasteiger partial charge >= 0.3 is 0 Å². The van der Waals surface area contributed by atoms with Gasteiger partial charge in [0.2, 0.25) is 10.0 Å². The summed E-state index contributed by atoms with van der Waals surface area (Å²) < 4.78 is 24.9. The first kappa shape index (κ1) is 19.2. The number of hydrogen-bond donors (Lipinski definition) is 2. The van der Waals surface area contributed by atoms with Crippen molar-refractivity contribution in [2.75, 3.05) is 18.8 Å². The van der Waals surface area contributed by atoms with E-state index in [1.807, 2.05) is 12.1 Å². The molecule has 0 amide bonds. The van der Waals surface area contributed by atoms with Gasteiger partial charge in [0.05, 0.1) is 12.3 Å². The van der Waals surface area contributed by atoms with Crippen molar-refractivity contribution in [3.8, 4) is 11.8 Å². The van der Waals surface area contributed by atoms with Crippen molar-refractivity contribution in [2.45, 2.75) is 19.9 Å². The minimum absolute atomic E-state index is 0.0699. The predicted octanol–water partition coefficient (Wildman–Crippen LogP) is 2.99. The summed E-state index contributed by atoms with van der Waals surface area (Å²) in [7, 11) is -3.17. The lowest BCUT2D eigenvalue weighted by molar-refractivity contribution is 0.587. The van der Waals surface area contributed by atoms with Crippen LogP contribution < -0.4 is 10.0 Å². The summed E-state index contributed by atoms with van der Waals surface area (Å²) in [5.74, 6) is 5.66. The molecule has 0 heterocycles. The molecule has 0 aromatic heterocycles. The lowest BCUT2D eigenvalue weighted by atomic mass is 10.00. The van der Waals surface area contributed by atoms with Crippen molar-refractivity contribution in [1.82, 2.24) is 10.0 Å². The second-order valence-corrected chi connectivity index (χ2v) is 7.74. The molecule has 2 rings (SSSR count). The van der Waals surface area contributed by atoms with Crippen molar-refractivity contribution >= 4 is 20.8 Å². The maximum atomic E-state index is 11.2. The van der Waals surface area contributed by atoms with Gasteiger partial charge in [0.25, 0.3) is 0 Å². The maximum Gasteiger partial charge on any atom is 0.212 e. The number of rotatable bonds is 7. The summed E-state index contributed by atoms with van der Waals surface area (Å²) in [5.41, 5.74) is 1.27. The molecule has 132 valence electrons. The largest absolute Gasteiger partial charge is 0.307 e. The molecule has 5 heteroatoms. The van der Waals surface area contributed by atoms with Crippen LogP contribution in [0.4, 0.5) is 0 Å². The van der Waals surface area contributed by atoms with E-state index >= 15 is 0 Å². The van der Waals surface area contributed by atoms with Crippen LogP contribution in [0, 0.1) is 11.8 Å². The minimum Gasteiger partial charge on any atom is -0.307 e. The number of hydrogen-bond acceptors (Lipinski definition) is 3. The lowest BCUT2D eigenvalue weighted by Gasteiger charge is -2.15. The van der Waals surface area contributed by atoms with Crippen molar-refractivity contribution < 1.29 is 8.42 Å². The predicted molar refractivity (Wildman–Crippen MR) is 105 cm³/mol. The Kier molecular flexibility index (Phi) is 7.20. The SMILES string of the molecule is CCS(=O)(=O)NCC#C/C=C/CN[C@H](C)c1cccc2ccccc12. The Morgan fingerprint density at radius 2 is 1.92 bits per heavy atom. The normalized spacial score (nSPS) is 12.9. The van der Waals surface area contributed by atoms with Crippen molar-refractivity contribution in [1.29, 1.82) is 0 Å². The quantitative estimate of drug-likeness (QED) is 0.750. The van der Waals surface area contributed by atoms with Gasteiger partial charge in [-0.25, -0.2) is 13.1 Å². The van der Waals surface area contributed by atoms with Gasteiger partial charge in [0.15, 0.2) is 0 Å². The van der Waals surface area contributed by atoms with E-state index in [1.165, 1.54) is 16.3 Å². The summed E-state index contributed by atoms with van der Waals surface area (Å²) in [5, 5.41) is 5.95. The van der Waals surface area contributed by atoms with Crippen LogP contribution in [0.5, 0.6) is 0 Å². The van der Waals surface area contributed by atoms with Crippen LogP contribution in [-0.2, 0) is 10.0 Å². The third-order valence-corrected chi connectivity index (χ3v) is 5.24. The van der Waals surface area contributed by atoms with Gasteiger partial charge in [-0.15, -0.1) is 0 Å². The van der Waals surface area contributed by atoms with E-state index in [0.717, 1.165) is 0 Å². The van der Waals surface area contributed by atoms with E-state index < -0.39 is 10.0 Å². The molecule has 0 saturated carbocycles. The topological polar surface area (TPSA) is 58.2 Å². The van der Waals surface area contributed by atoms with Gasteiger partial charge in [-0.3, -0.25) is 0 Å². The van der Waals surface area contributed by atoms with Gasteiger partial charge in [0, 0.05) is 12.6 Å². The highest BCUT2D eigenvalue weighted by molar-refractivity contribution is 7.89. The number of allylic oxidation sites excluding steroid dienone is 1. The lowest BCUT2D eigenvalue weighted by Crippen LogP contribution is -2.25. The van der Waals surface area contributed by atoms with Crippen LogP contribution >= 0.6 is 0 Å². The van der Waals surface area contributed by atoms with E-state index in [1.54, 1.807) is 13.0 Å². The smallest absolute Gasteiger partial charge is 0.212 e. The number of benzene rings is 2. The summed E-state index contributed by atoms with van der Waals surface area (Å²) in [4.78, 5) is 0. The van der Waals surface area contributed by atoms with E-state index in [0.29, 0.717) is 6.54 Å². The van der Waals surface area contributed by atoms with Gasteiger partial charge in [-0.1, -0.05) is 60.4 Å². The molecule has 0 aliphatic heterocycles. The second kappa shape index (κ2) is 9.38. The Balaban J connectivity index is 1.83. The molecule has 0 radical (unpaired) electrons. The Bertz CT molecular complexity index is 887. The zero-order chi connectivity index (χ0) is 18.1. The minimum atomic E-state index is -3.17. The Hall–Kier alpha value is -2.13. The molecule has 0 saturated heterocycles. The van der Waals surface area contributed by atoms with E-state index in [4.69, 9.17) is 0 Å². The van der Waals surface area contributed by atoms with E-state index in [9.17, 15) is 8.42 Å². The molecule has 0 aliphatic rings. The van der Waals surface area contributed by atoms with E-state index in [2.05, 4.69) is 65.2 Å². The van der Waals surface area contributed by atoms with Gasteiger partial charge < -0.3 is 5.32 Å². The van der Waals surface area contributed by atoms with Crippen LogP contribution in [0.15, 0.2) is 54.6 Å². The Labute approximate surface area is 150 Å². The van der Waals surface area contributed by atoms with Gasteiger partial charge in [0.1, 0.15) is 0 Å². The zero-order valence-electron chi connectivity index (χ0n) is 14.6. The number of sulfonamides is 1. The highest BCUT2D eigenvalue weighted by atomic mass is 32.2. The average Bonchev–Trinajstić information content (AvgIpc) is 2.63. The molecule has 0 spiro atoms. The molecule has 0 bridgehead atoms. The molecular weight excluding hydrogens is 332 g/mol. The molecule has 0 aliphatic carbocycles. The van der Waals surface area contributed by atoms with Crippen molar-refractivity contribution in [3.05, 3.63) is 60.2 Å². The monoisotopic (exact) mass is 356 g/mol. The Morgan fingerprint density at radius 1 is 1.16 bits per heavy atom. The van der Waals surface area contributed by atoms with Crippen LogP contribution in [0.3, 0.4) is 0 Å². The molecule has 1 atom stereocenters. The first-order chi connectivity index (χ1) is 12.0. The second-order valence-electron chi connectivity index (χ2n) is 5.65. The highest BCUT2D eigenvalue weighted by Gasteiger charge is 2.07. The molecule has 2 aromatic rings. The molecule has 25 heavy (non-hydrogen) atoms. The van der Waals surface area contributed by atoms with Gasteiger partial charge in [-0.2, -0.15) is 0 Å². The summed E-state index contributed by atoms with van der Waals surface area (Å²) in [6, 6.07) is 14.9. The average molecular weight is 356 g/mol. The fourth-order valence-corrected chi connectivity index (χ4v) is 2.95. The maximum absolute atomic E-state index is 11.2. The van der Waals surface area contributed by atoms with Crippen LogP contribution in [-0.4, -0.2) is 27.3 Å². The van der Waals surface area contributed by atoms with Gasteiger partial charge in [-0.05, 0) is 36.3 Å². The highest BCUT2D eigenvalue weighted by Crippen LogP contribution is 2.23. The van der Waals surface area contributed by atoms with Crippen LogP contribution in [0.2, 0.25) is 0 Å². The molecule has 0 unspecified atom stereocenters.